The van der Waals surface area contributed by atoms with Gasteiger partial charge < -0.3 is 8.97 Å². The first-order valence-corrected chi connectivity index (χ1v) is 6.47. The van der Waals surface area contributed by atoms with Gasteiger partial charge in [0.05, 0.1) is 53.4 Å². The molecule has 0 N–H and O–H groups in total. The van der Waals surface area contributed by atoms with Crippen LogP contribution < -0.4 is 0 Å². The van der Waals surface area contributed by atoms with E-state index in [-0.39, 0.29) is 0 Å². The standard InChI is InChI=1S/C13H32N2/c1-8-15(9-2,10-3)12-11-13(4)14(5,6)7/h13H,8-12H2,1-7H3/q+2. The first-order valence-electron chi connectivity index (χ1n) is 6.47. The fourth-order valence-electron chi connectivity index (χ4n) is 1.99. The summed E-state index contributed by atoms with van der Waals surface area (Å²) < 4.78 is 2.36. The van der Waals surface area contributed by atoms with Crippen LogP contribution in [0, 0.1) is 0 Å². The van der Waals surface area contributed by atoms with Gasteiger partial charge in [0, 0.05) is 6.42 Å². The lowest BCUT2D eigenvalue weighted by Crippen LogP contribution is -2.51. The lowest BCUT2D eigenvalue weighted by Gasteiger charge is -2.39. The van der Waals surface area contributed by atoms with E-state index in [0.29, 0.717) is 0 Å². The second kappa shape index (κ2) is 5.86. The van der Waals surface area contributed by atoms with Crippen LogP contribution in [0.4, 0.5) is 0 Å². The molecule has 0 saturated heterocycles. The average molecular weight is 216 g/mol. The number of rotatable bonds is 7. The third-order valence-corrected chi connectivity index (χ3v) is 4.36. The largest absolute Gasteiger partial charge is 0.329 e. The van der Waals surface area contributed by atoms with Crippen LogP contribution in [-0.4, -0.2) is 62.3 Å². The van der Waals surface area contributed by atoms with E-state index in [4.69, 9.17) is 0 Å². The summed E-state index contributed by atoms with van der Waals surface area (Å²) in [5.41, 5.74) is 0. The molecular weight excluding hydrogens is 184 g/mol. The molecule has 2 heteroatoms. The summed E-state index contributed by atoms with van der Waals surface area (Å²) in [6, 6.07) is 0.757. The molecule has 0 aromatic carbocycles. The topological polar surface area (TPSA) is 0 Å². The van der Waals surface area contributed by atoms with Crippen LogP contribution in [0.2, 0.25) is 0 Å². The second-order valence-electron chi connectivity index (χ2n) is 5.77. The highest BCUT2D eigenvalue weighted by molar-refractivity contribution is 4.50. The van der Waals surface area contributed by atoms with Crippen LogP contribution in [0.1, 0.15) is 34.1 Å². The van der Waals surface area contributed by atoms with Crippen molar-refractivity contribution in [2.24, 2.45) is 0 Å². The van der Waals surface area contributed by atoms with Gasteiger partial charge in [-0.1, -0.05) is 0 Å². The van der Waals surface area contributed by atoms with Gasteiger partial charge >= 0.3 is 0 Å². The van der Waals surface area contributed by atoms with Crippen LogP contribution >= 0.6 is 0 Å². The van der Waals surface area contributed by atoms with Crippen LogP contribution in [0.5, 0.6) is 0 Å². The number of hydrogen-bond acceptors (Lipinski definition) is 0. The molecule has 92 valence electrons. The normalized spacial score (nSPS) is 15.4. The van der Waals surface area contributed by atoms with Gasteiger partial charge in [-0.15, -0.1) is 0 Å². The Morgan fingerprint density at radius 2 is 1.27 bits per heavy atom. The average Bonchev–Trinajstić information content (AvgIpc) is 2.19. The smallest absolute Gasteiger partial charge is 0.0909 e. The molecule has 15 heavy (non-hydrogen) atoms. The van der Waals surface area contributed by atoms with E-state index in [0.717, 1.165) is 10.5 Å². The fraction of sp³-hybridized carbons (Fsp3) is 1.00. The Bertz CT molecular complexity index is 158. The molecule has 0 bridgehead atoms. The molecular formula is C13H32N2+2. The summed E-state index contributed by atoms with van der Waals surface area (Å²) in [6.45, 7) is 14.5. The molecule has 0 rings (SSSR count). The fourth-order valence-corrected chi connectivity index (χ4v) is 1.99. The van der Waals surface area contributed by atoms with Gasteiger partial charge in [-0.05, 0) is 27.7 Å². The number of hydrogen-bond donors (Lipinski definition) is 0. The molecule has 0 radical (unpaired) electrons. The molecule has 0 amide bonds. The maximum Gasteiger partial charge on any atom is 0.0909 e. The zero-order valence-electron chi connectivity index (χ0n) is 12.0. The summed E-state index contributed by atoms with van der Waals surface area (Å²) in [4.78, 5) is 0. The molecule has 0 saturated carbocycles. The van der Waals surface area contributed by atoms with Crippen molar-refractivity contribution in [3.63, 3.8) is 0 Å². The molecule has 0 fully saturated rings. The molecule has 0 aliphatic carbocycles. The van der Waals surface area contributed by atoms with Crippen molar-refractivity contribution in [2.75, 3.05) is 47.3 Å². The minimum atomic E-state index is 0.757. The van der Waals surface area contributed by atoms with E-state index in [2.05, 4.69) is 48.8 Å². The van der Waals surface area contributed by atoms with Crippen molar-refractivity contribution in [3.8, 4) is 0 Å². The molecule has 1 atom stereocenters. The minimum absolute atomic E-state index is 0.757. The van der Waals surface area contributed by atoms with Crippen molar-refractivity contribution in [3.05, 3.63) is 0 Å². The minimum Gasteiger partial charge on any atom is -0.329 e. The predicted octanol–water partition coefficient (Wildman–Crippen LogP) is 2.35. The molecule has 2 nitrogen and oxygen atoms in total. The van der Waals surface area contributed by atoms with E-state index < -0.39 is 0 Å². The van der Waals surface area contributed by atoms with Gasteiger partial charge in [0.2, 0.25) is 0 Å². The Balaban J connectivity index is 4.23. The zero-order chi connectivity index (χ0) is 12.1. The summed E-state index contributed by atoms with van der Waals surface area (Å²) >= 11 is 0. The molecule has 1 unspecified atom stereocenters. The molecule has 0 heterocycles. The monoisotopic (exact) mass is 216 g/mol. The van der Waals surface area contributed by atoms with Crippen molar-refractivity contribution in [1.29, 1.82) is 0 Å². The van der Waals surface area contributed by atoms with Gasteiger partial charge in [0.15, 0.2) is 0 Å². The van der Waals surface area contributed by atoms with E-state index in [1.165, 1.54) is 37.1 Å². The molecule has 0 aliphatic rings. The Morgan fingerprint density at radius 3 is 1.53 bits per heavy atom. The number of quaternary nitrogens is 2. The van der Waals surface area contributed by atoms with Gasteiger partial charge in [-0.3, -0.25) is 0 Å². The maximum atomic E-state index is 2.37. The second-order valence-corrected chi connectivity index (χ2v) is 5.77. The first kappa shape index (κ1) is 14.9. The van der Waals surface area contributed by atoms with Crippen molar-refractivity contribution in [1.82, 2.24) is 0 Å². The quantitative estimate of drug-likeness (QED) is 0.573. The zero-order valence-corrected chi connectivity index (χ0v) is 12.0. The van der Waals surface area contributed by atoms with E-state index in [9.17, 15) is 0 Å². The van der Waals surface area contributed by atoms with Crippen molar-refractivity contribution >= 4 is 0 Å². The van der Waals surface area contributed by atoms with Gasteiger partial charge in [-0.2, -0.15) is 0 Å². The SMILES string of the molecule is CC[N+](CC)(CC)CCC(C)[N+](C)(C)C. The highest BCUT2D eigenvalue weighted by Crippen LogP contribution is 2.13. The van der Waals surface area contributed by atoms with Gasteiger partial charge in [0.1, 0.15) is 0 Å². The predicted molar refractivity (Wildman–Crippen MR) is 68.9 cm³/mol. The van der Waals surface area contributed by atoms with Crippen LogP contribution in [-0.2, 0) is 0 Å². The van der Waals surface area contributed by atoms with Crippen LogP contribution in [0.3, 0.4) is 0 Å². The lowest BCUT2D eigenvalue weighted by atomic mass is 10.1. The summed E-state index contributed by atoms with van der Waals surface area (Å²) in [7, 11) is 6.88. The maximum absolute atomic E-state index is 2.37. The summed E-state index contributed by atoms with van der Waals surface area (Å²) in [5.74, 6) is 0. The van der Waals surface area contributed by atoms with E-state index in [1.54, 1.807) is 0 Å². The summed E-state index contributed by atoms with van der Waals surface area (Å²) in [6.07, 6.45) is 1.33. The summed E-state index contributed by atoms with van der Waals surface area (Å²) in [5, 5.41) is 0. The Hall–Kier alpha value is -0.0800. The first-order chi connectivity index (χ1) is 6.81. The molecule has 0 aromatic heterocycles. The van der Waals surface area contributed by atoms with Gasteiger partial charge in [0.25, 0.3) is 0 Å². The van der Waals surface area contributed by atoms with Gasteiger partial charge in [-0.25, -0.2) is 0 Å². The van der Waals surface area contributed by atoms with Crippen LogP contribution in [0.25, 0.3) is 0 Å². The molecule has 0 aromatic rings. The van der Waals surface area contributed by atoms with E-state index >= 15 is 0 Å². The molecule has 0 spiro atoms. The van der Waals surface area contributed by atoms with Crippen molar-refractivity contribution in [2.45, 2.75) is 40.2 Å². The van der Waals surface area contributed by atoms with Crippen LogP contribution in [0.15, 0.2) is 0 Å². The Kier molecular flexibility index (Phi) is 5.82. The third-order valence-electron chi connectivity index (χ3n) is 4.36. The highest BCUT2D eigenvalue weighted by atomic mass is 15.4. The number of nitrogens with zero attached hydrogens (tertiary/aromatic N) is 2. The third kappa shape index (κ3) is 4.52. The Labute approximate surface area is 97.1 Å². The Morgan fingerprint density at radius 1 is 0.867 bits per heavy atom. The molecule has 0 aliphatic heterocycles. The highest BCUT2D eigenvalue weighted by Gasteiger charge is 2.25. The lowest BCUT2D eigenvalue weighted by molar-refractivity contribution is -0.933. The van der Waals surface area contributed by atoms with E-state index in [1.807, 2.05) is 0 Å². The van der Waals surface area contributed by atoms with Crippen molar-refractivity contribution < 1.29 is 8.97 Å².